The highest BCUT2D eigenvalue weighted by molar-refractivity contribution is 5.24. The van der Waals surface area contributed by atoms with Crippen molar-refractivity contribution in [3.05, 3.63) is 59.0 Å². The first kappa shape index (κ1) is 12.9. The Hall–Kier alpha value is -1.58. The number of nitrogens with two attached hydrogens (primary N) is 1. The van der Waals surface area contributed by atoms with Crippen molar-refractivity contribution < 1.29 is 4.42 Å². The van der Waals surface area contributed by atoms with Gasteiger partial charge in [0.1, 0.15) is 11.5 Å². The molecule has 18 heavy (non-hydrogen) atoms. The highest BCUT2D eigenvalue weighted by Crippen LogP contribution is 2.11. The van der Waals surface area contributed by atoms with Crippen molar-refractivity contribution in [2.24, 2.45) is 5.73 Å². The standard InChI is InChI=1S/C15H20N2O/c1-11-3-6-13(7-4-11)15(16)10-17-9-14-8-5-12(2)18-14/h3-8,15,17H,9-10,16H2,1-2H3. The summed E-state index contributed by atoms with van der Waals surface area (Å²) < 4.78 is 5.48. The van der Waals surface area contributed by atoms with Crippen LogP contribution in [-0.4, -0.2) is 6.54 Å². The molecule has 1 unspecified atom stereocenters. The molecule has 2 rings (SSSR count). The molecule has 96 valence electrons. The van der Waals surface area contributed by atoms with Crippen LogP contribution in [-0.2, 0) is 6.54 Å². The minimum absolute atomic E-state index is 0.0154. The zero-order valence-corrected chi connectivity index (χ0v) is 10.9. The zero-order chi connectivity index (χ0) is 13.0. The Balaban J connectivity index is 1.81. The van der Waals surface area contributed by atoms with Crippen LogP contribution >= 0.6 is 0 Å². The van der Waals surface area contributed by atoms with Gasteiger partial charge in [0, 0.05) is 12.6 Å². The zero-order valence-electron chi connectivity index (χ0n) is 10.9. The van der Waals surface area contributed by atoms with E-state index in [1.54, 1.807) is 0 Å². The predicted octanol–water partition coefficient (Wildman–Crippen LogP) is 2.69. The molecule has 1 aromatic heterocycles. The predicted molar refractivity (Wildman–Crippen MR) is 73.3 cm³/mol. The highest BCUT2D eigenvalue weighted by atomic mass is 16.3. The number of nitrogens with one attached hydrogen (secondary N) is 1. The Morgan fingerprint density at radius 1 is 1.11 bits per heavy atom. The number of benzene rings is 1. The summed E-state index contributed by atoms with van der Waals surface area (Å²) in [6.07, 6.45) is 0. The minimum Gasteiger partial charge on any atom is -0.465 e. The van der Waals surface area contributed by atoms with E-state index in [1.807, 2.05) is 19.1 Å². The van der Waals surface area contributed by atoms with Crippen LogP contribution in [0.15, 0.2) is 40.8 Å². The first-order valence-corrected chi connectivity index (χ1v) is 6.23. The van der Waals surface area contributed by atoms with E-state index in [1.165, 1.54) is 5.56 Å². The number of aryl methyl sites for hydroxylation is 2. The van der Waals surface area contributed by atoms with Crippen LogP contribution in [0.4, 0.5) is 0 Å². The molecular weight excluding hydrogens is 224 g/mol. The first-order valence-electron chi connectivity index (χ1n) is 6.23. The number of hydrogen-bond acceptors (Lipinski definition) is 3. The van der Waals surface area contributed by atoms with Crippen molar-refractivity contribution in [1.29, 1.82) is 0 Å². The molecule has 0 amide bonds. The van der Waals surface area contributed by atoms with Gasteiger partial charge in [-0.15, -0.1) is 0 Å². The van der Waals surface area contributed by atoms with Gasteiger partial charge in [-0.3, -0.25) is 0 Å². The van der Waals surface area contributed by atoms with Crippen LogP contribution in [0.25, 0.3) is 0 Å². The van der Waals surface area contributed by atoms with Crippen LogP contribution in [0, 0.1) is 13.8 Å². The Morgan fingerprint density at radius 2 is 1.83 bits per heavy atom. The minimum atomic E-state index is 0.0154. The normalized spacial score (nSPS) is 12.6. The summed E-state index contributed by atoms with van der Waals surface area (Å²) in [5, 5.41) is 3.31. The maximum Gasteiger partial charge on any atom is 0.117 e. The lowest BCUT2D eigenvalue weighted by atomic mass is 10.1. The van der Waals surface area contributed by atoms with Gasteiger partial charge in [-0.05, 0) is 31.5 Å². The summed E-state index contributed by atoms with van der Waals surface area (Å²) in [5.74, 6) is 1.89. The monoisotopic (exact) mass is 244 g/mol. The van der Waals surface area contributed by atoms with Crippen LogP contribution in [0.1, 0.15) is 28.7 Å². The van der Waals surface area contributed by atoms with E-state index in [-0.39, 0.29) is 6.04 Å². The molecule has 1 heterocycles. The van der Waals surface area contributed by atoms with Crippen molar-refractivity contribution in [2.75, 3.05) is 6.54 Å². The van der Waals surface area contributed by atoms with E-state index in [4.69, 9.17) is 10.2 Å². The molecule has 3 heteroatoms. The smallest absolute Gasteiger partial charge is 0.117 e. The third kappa shape index (κ3) is 3.45. The maximum atomic E-state index is 6.12. The number of hydrogen-bond donors (Lipinski definition) is 2. The van der Waals surface area contributed by atoms with E-state index in [2.05, 4.69) is 36.5 Å². The topological polar surface area (TPSA) is 51.2 Å². The molecule has 0 spiro atoms. The van der Waals surface area contributed by atoms with Crippen LogP contribution < -0.4 is 11.1 Å². The van der Waals surface area contributed by atoms with Gasteiger partial charge < -0.3 is 15.5 Å². The molecule has 0 radical (unpaired) electrons. The Kier molecular flexibility index (Phi) is 4.18. The van der Waals surface area contributed by atoms with Crippen molar-refractivity contribution in [3.8, 4) is 0 Å². The maximum absolute atomic E-state index is 6.12. The van der Waals surface area contributed by atoms with E-state index in [0.717, 1.165) is 23.6 Å². The molecule has 0 aliphatic carbocycles. The van der Waals surface area contributed by atoms with Crippen LogP contribution in [0.3, 0.4) is 0 Å². The third-order valence-corrected chi connectivity index (χ3v) is 2.97. The number of furan rings is 1. The van der Waals surface area contributed by atoms with E-state index >= 15 is 0 Å². The molecule has 1 aromatic carbocycles. The molecule has 3 nitrogen and oxygen atoms in total. The Bertz CT molecular complexity index is 487. The van der Waals surface area contributed by atoms with Crippen LogP contribution in [0.5, 0.6) is 0 Å². The van der Waals surface area contributed by atoms with Gasteiger partial charge in [0.15, 0.2) is 0 Å². The summed E-state index contributed by atoms with van der Waals surface area (Å²) in [5.41, 5.74) is 8.53. The van der Waals surface area contributed by atoms with Gasteiger partial charge in [-0.25, -0.2) is 0 Å². The van der Waals surface area contributed by atoms with Crippen molar-refractivity contribution in [2.45, 2.75) is 26.4 Å². The molecule has 0 bridgehead atoms. The van der Waals surface area contributed by atoms with Gasteiger partial charge in [0.05, 0.1) is 6.54 Å². The quantitative estimate of drug-likeness (QED) is 0.850. The molecule has 0 aliphatic heterocycles. The lowest BCUT2D eigenvalue weighted by molar-refractivity contribution is 0.455. The van der Waals surface area contributed by atoms with E-state index in [0.29, 0.717) is 6.54 Å². The second-order valence-electron chi connectivity index (χ2n) is 4.66. The number of rotatable bonds is 5. The summed E-state index contributed by atoms with van der Waals surface area (Å²) in [7, 11) is 0. The molecule has 2 aromatic rings. The second kappa shape index (κ2) is 5.85. The molecular formula is C15H20N2O. The fourth-order valence-electron chi connectivity index (χ4n) is 1.86. The summed E-state index contributed by atoms with van der Waals surface area (Å²) in [6.45, 7) is 5.48. The SMILES string of the molecule is Cc1ccc(C(N)CNCc2ccc(C)o2)cc1. The van der Waals surface area contributed by atoms with Gasteiger partial charge in [-0.1, -0.05) is 29.8 Å². The fourth-order valence-corrected chi connectivity index (χ4v) is 1.86. The average molecular weight is 244 g/mol. The molecule has 3 N–H and O–H groups in total. The summed E-state index contributed by atoms with van der Waals surface area (Å²) in [4.78, 5) is 0. The fraction of sp³-hybridized carbons (Fsp3) is 0.333. The first-order chi connectivity index (χ1) is 8.65. The molecule has 0 saturated carbocycles. The summed E-state index contributed by atoms with van der Waals surface area (Å²) in [6, 6.07) is 12.3. The van der Waals surface area contributed by atoms with Crippen molar-refractivity contribution in [3.63, 3.8) is 0 Å². The molecule has 0 saturated heterocycles. The van der Waals surface area contributed by atoms with Gasteiger partial charge >= 0.3 is 0 Å². The van der Waals surface area contributed by atoms with Crippen LogP contribution in [0.2, 0.25) is 0 Å². The van der Waals surface area contributed by atoms with Crippen molar-refractivity contribution >= 4 is 0 Å². The molecule has 0 fully saturated rings. The summed E-state index contributed by atoms with van der Waals surface area (Å²) >= 11 is 0. The van der Waals surface area contributed by atoms with Crippen molar-refractivity contribution in [1.82, 2.24) is 5.32 Å². The van der Waals surface area contributed by atoms with E-state index in [9.17, 15) is 0 Å². The second-order valence-corrected chi connectivity index (χ2v) is 4.66. The Morgan fingerprint density at radius 3 is 2.44 bits per heavy atom. The molecule has 1 atom stereocenters. The Labute approximate surface area is 108 Å². The molecule has 0 aliphatic rings. The van der Waals surface area contributed by atoms with Gasteiger partial charge in [0.25, 0.3) is 0 Å². The third-order valence-electron chi connectivity index (χ3n) is 2.97. The highest BCUT2D eigenvalue weighted by Gasteiger charge is 2.05. The lowest BCUT2D eigenvalue weighted by Gasteiger charge is -2.12. The van der Waals surface area contributed by atoms with Gasteiger partial charge in [0.2, 0.25) is 0 Å². The average Bonchev–Trinajstić information content (AvgIpc) is 2.76. The largest absolute Gasteiger partial charge is 0.465 e. The van der Waals surface area contributed by atoms with E-state index < -0.39 is 0 Å². The van der Waals surface area contributed by atoms with Gasteiger partial charge in [-0.2, -0.15) is 0 Å². The lowest BCUT2D eigenvalue weighted by Crippen LogP contribution is -2.26.